The van der Waals surface area contributed by atoms with E-state index in [0.29, 0.717) is 5.92 Å². The molecule has 2 atom stereocenters. The van der Waals surface area contributed by atoms with Crippen molar-refractivity contribution < 1.29 is 13.9 Å². The van der Waals surface area contributed by atoms with Gasteiger partial charge in [-0.2, -0.15) is 0 Å². The zero-order valence-electron chi connectivity index (χ0n) is 19.1. The summed E-state index contributed by atoms with van der Waals surface area (Å²) < 4.78 is 19.7. The number of fused-ring (bicyclic) bond motifs is 4. The van der Waals surface area contributed by atoms with E-state index in [1.165, 1.54) is 17.2 Å². The summed E-state index contributed by atoms with van der Waals surface area (Å²) in [6, 6.07) is 13.0. The van der Waals surface area contributed by atoms with Gasteiger partial charge in [-0.1, -0.05) is 44.2 Å². The molecule has 2 bridgehead atoms. The molecule has 6 rings (SSSR count). The Kier molecular flexibility index (Phi) is 5.70. The third-order valence-electron chi connectivity index (χ3n) is 8.29. The van der Waals surface area contributed by atoms with Crippen LogP contribution in [0.15, 0.2) is 42.5 Å². The number of carbonyl (C=O) groups excluding carboxylic acids is 1. The van der Waals surface area contributed by atoms with Crippen molar-refractivity contribution in [3.63, 3.8) is 0 Å². The molecular formula is C27H33FN2O2. The number of hydrogen-bond donors (Lipinski definition) is 1. The lowest BCUT2D eigenvalue weighted by atomic mass is 9.76. The van der Waals surface area contributed by atoms with E-state index in [2.05, 4.69) is 36.2 Å². The van der Waals surface area contributed by atoms with E-state index in [4.69, 9.17) is 4.74 Å². The number of nitrogens with one attached hydrogen (secondary N) is 1. The van der Waals surface area contributed by atoms with Crippen molar-refractivity contribution in [1.82, 2.24) is 10.2 Å². The molecule has 4 nitrogen and oxygen atoms in total. The van der Waals surface area contributed by atoms with Gasteiger partial charge in [0.25, 0.3) is 0 Å². The lowest BCUT2D eigenvalue weighted by molar-refractivity contribution is -0.0353. The van der Waals surface area contributed by atoms with Crippen molar-refractivity contribution in [2.24, 2.45) is 11.3 Å². The maximum atomic E-state index is 13.7. The van der Waals surface area contributed by atoms with Gasteiger partial charge in [0.05, 0.1) is 6.04 Å². The molecule has 3 fully saturated rings. The first-order valence-electron chi connectivity index (χ1n) is 12.1. The van der Waals surface area contributed by atoms with Crippen LogP contribution in [-0.4, -0.2) is 36.7 Å². The topological polar surface area (TPSA) is 41.6 Å². The number of halogens is 1. The van der Waals surface area contributed by atoms with Crippen molar-refractivity contribution in [3.05, 3.63) is 59.4 Å². The fourth-order valence-corrected chi connectivity index (χ4v) is 6.17. The van der Waals surface area contributed by atoms with Gasteiger partial charge >= 0.3 is 6.09 Å². The summed E-state index contributed by atoms with van der Waals surface area (Å²) in [5.41, 5.74) is 4.27. The molecular weight excluding hydrogens is 403 g/mol. The molecule has 1 N–H and O–H groups in total. The first-order valence-corrected chi connectivity index (χ1v) is 12.1. The normalized spacial score (nSPS) is 27.7. The second kappa shape index (κ2) is 8.51. The summed E-state index contributed by atoms with van der Waals surface area (Å²) in [5, 5.41) is 3.26. The molecule has 5 heteroatoms. The summed E-state index contributed by atoms with van der Waals surface area (Å²) >= 11 is 0. The monoisotopic (exact) mass is 436 g/mol. The van der Waals surface area contributed by atoms with E-state index in [9.17, 15) is 9.18 Å². The van der Waals surface area contributed by atoms with E-state index in [1.807, 2.05) is 12.1 Å². The zero-order valence-corrected chi connectivity index (χ0v) is 19.1. The molecule has 3 saturated heterocycles. The molecule has 32 heavy (non-hydrogen) atoms. The highest BCUT2D eigenvalue weighted by molar-refractivity contribution is 5.70. The Morgan fingerprint density at radius 1 is 1.12 bits per heavy atom. The highest BCUT2D eigenvalue weighted by Crippen LogP contribution is 2.51. The van der Waals surface area contributed by atoms with Crippen LogP contribution < -0.4 is 5.32 Å². The predicted molar refractivity (Wildman–Crippen MR) is 124 cm³/mol. The Morgan fingerprint density at radius 3 is 2.53 bits per heavy atom. The standard InChI is InChI=1S/C27H33FN2O2/c1-3-27(4-2)16-21-14-20(19-6-5-7-22(28)15-19)8-9-23(21)25(27)29-26(31)32-24-17-30-12-10-18(24)11-13-30/h5-9,14-15,18,24-25H,3-4,10-13,16-17H2,1-2H3,(H,29,31)/t24-,25?/m0/s1. The Morgan fingerprint density at radius 2 is 1.88 bits per heavy atom. The summed E-state index contributed by atoms with van der Waals surface area (Å²) in [4.78, 5) is 15.4. The number of ether oxygens (including phenoxy) is 1. The van der Waals surface area contributed by atoms with Gasteiger partial charge in [0.15, 0.2) is 0 Å². The third kappa shape index (κ3) is 3.81. The van der Waals surface area contributed by atoms with Crippen molar-refractivity contribution in [2.45, 2.75) is 58.1 Å². The van der Waals surface area contributed by atoms with E-state index < -0.39 is 0 Å². The molecule has 170 valence electrons. The fraction of sp³-hybridized carbons (Fsp3) is 0.519. The van der Waals surface area contributed by atoms with Crippen molar-refractivity contribution in [2.75, 3.05) is 19.6 Å². The van der Waals surface area contributed by atoms with E-state index in [0.717, 1.165) is 62.9 Å². The molecule has 4 aliphatic rings. The van der Waals surface area contributed by atoms with Crippen LogP contribution in [-0.2, 0) is 11.2 Å². The minimum Gasteiger partial charge on any atom is -0.445 e. The van der Waals surface area contributed by atoms with Gasteiger partial charge in [-0.25, -0.2) is 9.18 Å². The summed E-state index contributed by atoms with van der Waals surface area (Å²) in [6.07, 6.45) is 4.82. The number of nitrogens with zero attached hydrogens (tertiary/aromatic N) is 1. The third-order valence-corrected chi connectivity index (χ3v) is 8.29. The molecule has 2 aromatic rings. The van der Waals surface area contributed by atoms with Crippen LogP contribution in [0.4, 0.5) is 9.18 Å². The lowest BCUT2D eigenvalue weighted by Gasteiger charge is -2.44. The van der Waals surface area contributed by atoms with E-state index >= 15 is 0 Å². The SMILES string of the molecule is CCC1(CC)Cc2cc(-c3cccc(F)c3)ccc2C1NC(=O)O[C@H]1CN2CCC1CC2. The van der Waals surface area contributed by atoms with Gasteiger partial charge in [0.1, 0.15) is 11.9 Å². The van der Waals surface area contributed by atoms with Crippen molar-refractivity contribution in [3.8, 4) is 11.1 Å². The van der Waals surface area contributed by atoms with Gasteiger partial charge in [-0.05, 0) is 90.9 Å². The second-order valence-corrected chi connectivity index (χ2v) is 9.83. The molecule has 0 saturated carbocycles. The van der Waals surface area contributed by atoms with Gasteiger partial charge in [0.2, 0.25) is 0 Å². The largest absolute Gasteiger partial charge is 0.445 e. The molecule has 3 heterocycles. The van der Waals surface area contributed by atoms with Crippen LogP contribution in [0.2, 0.25) is 0 Å². The van der Waals surface area contributed by atoms with Crippen LogP contribution in [0.25, 0.3) is 11.1 Å². The number of carbonyl (C=O) groups is 1. The fourth-order valence-electron chi connectivity index (χ4n) is 6.17. The maximum Gasteiger partial charge on any atom is 0.407 e. The smallest absolute Gasteiger partial charge is 0.407 e. The Labute approximate surface area is 190 Å². The first kappa shape index (κ1) is 21.4. The summed E-state index contributed by atoms with van der Waals surface area (Å²) in [6.45, 7) is 7.53. The number of rotatable bonds is 5. The Bertz CT molecular complexity index is 995. The van der Waals surface area contributed by atoms with Crippen LogP contribution in [0.3, 0.4) is 0 Å². The number of hydrogen-bond acceptors (Lipinski definition) is 3. The van der Waals surface area contributed by atoms with Gasteiger partial charge in [-0.15, -0.1) is 0 Å². The molecule has 0 spiro atoms. The predicted octanol–water partition coefficient (Wildman–Crippen LogP) is 5.72. The number of piperidine rings is 3. The average Bonchev–Trinajstić information content (AvgIpc) is 3.13. The van der Waals surface area contributed by atoms with Gasteiger partial charge in [-0.3, -0.25) is 4.90 Å². The van der Waals surface area contributed by atoms with Crippen LogP contribution >= 0.6 is 0 Å². The quantitative estimate of drug-likeness (QED) is 0.652. The second-order valence-electron chi connectivity index (χ2n) is 9.83. The van der Waals surface area contributed by atoms with Crippen molar-refractivity contribution >= 4 is 6.09 Å². The maximum absolute atomic E-state index is 13.7. The molecule has 1 unspecified atom stereocenters. The first-order chi connectivity index (χ1) is 15.5. The molecule has 0 aromatic heterocycles. The van der Waals surface area contributed by atoms with Gasteiger partial charge < -0.3 is 10.1 Å². The summed E-state index contributed by atoms with van der Waals surface area (Å²) in [5.74, 6) is 0.270. The lowest BCUT2D eigenvalue weighted by Crippen LogP contribution is -2.53. The number of alkyl carbamates (subject to hydrolysis) is 1. The van der Waals surface area contributed by atoms with E-state index in [-0.39, 0.29) is 29.5 Å². The Hall–Kier alpha value is -2.40. The minimum absolute atomic E-state index is 0.00591. The Balaban J connectivity index is 1.38. The number of benzene rings is 2. The zero-order chi connectivity index (χ0) is 22.3. The van der Waals surface area contributed by atoms with Crippen LogP contribution in [0.1, 0.15) is 56.7 Å². The van der Waals surface area contributed by atoms with E-state index in [1.54, 1.807) is 12.1 Å². The average molecular weight is 437 g/mol. The van der Waals surface area contributed by atoms with Gasteiger partial charge in [0, 0.05) is 6.54 Å². The highest BCUT2D eigenvalue weighted by Gasteiger charge is 2.45. The van der Waals surface area contributed by atoms with Crippen LogP contribution in [0, 0.1) is 17.2 Å². The molecule has 2 aromatic carbocycles. The molecule has 0 radical (unpaired) electrons. The molecule has 1 aliphatic carbocycles. The minimum atomic E-state index is -0.290. The molecule has 1 amide bonds. The van der Waals surface area contributed by atoms with Crippen LogP contribution in [0.5, 0.6) is 0 Å². The van der Waals surface area contributed by atoms with Crippen molar-refractivity contribution in [1.29, 1.82) is 0 Å². The molecule has 3 aliphatic heterocycles. The summed E-state index contributed by atoms with van der Waals surface area (Å²) in [7, 11) is 0. The highest BCUT2D eigenvalue weighted by atomic mass is 19.1. The number of amides is 1.